The molecule has 8 heteroatoms. The van der Waals surface area contributed by atoms with Crippen molar-refractivity contribution in [3.63, 3.8) is 0 Å². The number of aliphatic hydroxyl groups excluding tert-OH is 1. The van der Waals surface area contributed by atoms with Crippen molar-refractivity contribution in [1.29, 1.82) is 0 Å². The van der Waals surface area contributed by atoms with Crippen LogP contribution in [0.3, 0.4) is 0 Å². The second kappa shape index (κ2) is 7.13. The molecule has 0 saturated heterocycles. The third-order valence-electron chi connectivity index (χ3n) is 2.77. The molecule has 0 aromatic heterocycles. The van der Waals surface area contributed by atoms with E-state index in [1.165, 1.54) is 0 Å². The monoisotopic (exact) mass is 315 g/mol. The zero-order chi connectivity index (χ0) is 16.1. The first-order chi connectivity index (χ1) is 9.59. The van der Waals surface area contributed by atoms with Gasteiger partial charge in [-0.25, -0.2) is 0 Å². The second-order valence-corrected chi connectivity index (χ2v) is 4.56. The van der Waals surface area contributed by atoms with E-state index in [1.54, 1.807) is 0 Å². The molecule has 0 amide bonds. The van der Waals surface area contributed by atoms with Crippen molar-refractivity contribution in [1.82, 2.24) is 5.32 Å². The fraction of sp³-hybridized carbons (Fsp3) is 0.538. The van der Waals surface area contributed by atoms with Gasteiger partial charge in [0.2, 0.25) is 0 Å². The minimum atomic E-state index is -4.45. The van der Waals surface area contributed by atoms with E-state index in [0.29, 0.717) is 0 Å². The lowest BCUT2D eigenvalue weighted by molar-refractivity contribution is -0.137. The molecule has 0 radical (unpaired) electrons. The van der Waals surface area contributed by atoms with E-state index < -0.39 is 30.4 Å². The van der Waals surface area contributed by atoms with Crippen LogP contribution in [-0.2, 0) is 6.18 Å². The van der Waals surface area contributed by atoms with Gasteiger partial charge in [0, 0.05) is 13.0 Å². The Kier molecular flexibility index (Phi) is 6.03. The molecule has 0 aliphatic rings. The fourth-order valence-corrected chi connectivity index (χ4v) is 1.66. The van der Waals surface area contributed by atoms with E-state index in [0.717, 1.165) is 24.3 Å². The van der Waals surface area contributed by atoms with Crippen molar-refractivity contribution in [3.05, 3.63) is 35.4 Å². The average molecular weight is 315 g/mol. The number of rotatable bonds is 6. The predicted molar refractivity (Wildman–Crippen MR) is 64.6 cm³/mol. The van der Waals surface area contributed by atoms with Crippen LogP contribution in [0.4, 0.5) is 26.3 Å². The molecule has 1 atom stereocenters. The smallest absolute Gasteiger partial charge is 0.387 e. The molecule has 0 bridgehead atoms. The Morgan fingerprint density at radius 1 is 1.00 bits per heavy atom. The quantitative estimate of drug-likeness (QED) is 0.620. The van der Waals surface area contributed by atoms with Gasteiger partial charge in [0.25, 0.3) is 0 Å². The Morgan fingerprint density at radius 2 is 1.57 bits per heavy atom. The third-order valence-corrected chi connectivity index (χ3v) is 2.77. The maximum atomic E-state index is 12.3. The number of hydrogen-bond acceptors (Lipinski definition) is 2. The summed E-state index contributed by atoms with van der Waals surface area (Å²) in [5, 5.41) is 12.3. The first-order valence-electron chi connectivity index (χ1n) is 6.22. The molecule has 0 heterocycles. The molecule has 0 aliphatic heterocycles. The van der Waals surface area contributed by atoms with E-state index in [-0.39, 0.29) is 25.1 Å². The van der Waals surface area contributed by atoms with Crippen LogP contribution >= 0.6 is 0 Å². The summed E-state index contributed by atoms with van der Waals surface area (Å²) < 4.78 is 72.6. The van der Waals surface area contributed by atoms with Gasteiger partial charge < -0.3 is 10.4 Å². The molecule has 1 rings (SSSR count). The number of benzene rings is 1. The number of halogens is 6. The zero-order valence-electron chi connectivity index (χ0n) is 10.9. The van der Waals surface area contributed by atoms with E-state index in [2.05, 4.69) is 5.32 Å². The number of aliphatic hydroxyl groups is 1. The Bertz CT molecular complexity index is 426. The number of nitrogens with one attached hydrogen (secondary N) is 1. The molecule has 21 heavy (non-hydrogen) atoms. The summed E-state index contributed by atoms with van der Waals surface area (Å²) in [5.41, 5.74) is -0.553. The Morgan fingerprint density at radius 3 is 2.05 bits per heavy atom. The highest BCUT2D eigenvalue weighted by atomic mass is 19.4. The van der Waals surface area contributed by atoms with Gasteiger partial charge >= 0.3 is 12.4 Å². The second-order valence-electron chi connectivity index (χ2n) is 4.56. The maximum absolute atomic E-state index is 12.3. The molecule has 120 valence electrons. The molecule has 0 aliphatic carbocycles. The highest BCUT2D eigenvalue weighted by Crippen LogP contribution is 2.29. The first-order valence-corrected chi connectivity index (χ1v) is 6.22. The summed E-state index contributed by atoms with van der Waals surface area (Å²) >= 11 is 0. The number of hydrogen-bond donors (Lipinski definition) is 2. The van der Waals surface area contributed by atoms with Crippen LogP contribution in [0.2, 0.25) is 0 Å². The first kappa shape index (κ1) is 17.8. The highest BCUT2D eigenvalue weighted by Gasteiger charge is 2.30. The number of alkyl halides is 6. The van der Waals surface area contributed by atoms with Crippen molar-refractivity contribution >= 4 is 0 Å². The summed E-state index contributed by atoms with van der Waals surface area (Å²) in [4.78, 5) is 0. The van der Waals surface area contributed by atoms with Gasteiger partial charge in [-0.2, -0.15) is 26.3 Å². The van der Waals surface area contributed by atoms with Crippen LogP contribution in [0, 0.1) is 0 Å². The normalized spacial score (nSPS) is 14.2. The largest absolute Gasteiger partial charge is 0.416 e. The molecule has 2 N–H and O–H groups in total. The molecule has 0 spiro atoms. The van der Waals surface area contributed by atoms with Gasteiger partial charge in [0.05, 0.1) is 11.7 Å². The van der Waals surface area contributed by atoms with E-state index in [9.17, 15) is 31.4 Å². The van der Waals surface area contributed by atoms with Crippen LogP contribution in [0.5, 0.6) is 0 Å². The molecular formula is C13H15F6NO. The van der Waals surface area contributed by atoms with Gasteiger partial charge in [0.1, 0.15) is 0 Å². The van der Waals surface area contributed by atoms with Crippen molar-refractivity contribution in [2.24, 2.45) is 0 Å². The molecule has 2 nitrogen and oxygen atoms in total. The summed E-state index contributed by atoms with van der Waals surface area (Å²) in [7, 11) is 0. The Balaban J connectivity index is 2.37. The lowest BCUT2D eigenvalue weighted by atomic mass is 10.1. The standard InChI is InChI=1S/C13H15F6NO/c14-12(15,16)6-1-7-20-8-11(21)9-2-4-10(5-3-9)13(17,18)19/h2-5,11,20-21H,1,6-8H2. The van der Waals surface area contributed by atoms with Crippen molar-refractivity contribution < 1.29 is 31.4 Å². The minimum absolute atomic E-state index is 0.0246. The molecular weight excluding hydrogens is 300 g/mol. The summed E-state index contributed by atoms with van der Waals surface area (Å²) in [6.45, 7) is 0.0421. The highest BCUT2D eigenvalue weighted by molar-refractivity contribution is 5.26. The summed E-state index contributed by atoms with van der Waals surface area (Å²) in [5.74, 6) is 0. The lowest BCUT2D eigenvalue weighted by Crippen LogP contribution is -2.23. The SMILES string of the molecule is OC(CNCCCC(F)(F)F)c1ccc(C(F)(F)F)cc1. The van der Waals surface area contributed by atoms with Gasteiger partial charge in [-0.1, -0.05) is 12.1 Å². The average Bonchev–Trinajstić information content (AvgIpc) is 2.36. The van der Waals surface area contributed by atoms with Crippen molar-refractivity contribution in [3.8, 4) is 0 Å². The van der Waals surface area contributed by atoms with Crippen LogP contribution in [0.25, 0.3) is 0 Å². The van der Waals surface area contributed by atoms with Crippen LogP contribution in [-0.4, -0.2) is 24.4 Å². The molecule has 1 unspecified atom stereocenters. The molecule has 1 aromatic carbocycles. The van der Waals surface area contributed by atoms with Crippen LogP contribution in [0.15, 0.2) is 24.3 Å². The summed E-state index contributed by atoms with van der Waals surface area (Å²) in [6, 6.07) is 3.99. The van der Waals surface area contributed by atoms with Crippen LogP contribution < -0.4 is 5.32 Å². The molecule has 1 aromatic rings. The predicted octanol–water partition coefficient (Wildman–Crippen LogP) is 3.67. The Labute approximate surface area is 117 Å². The van der Waals surface area contributed by atoms with Gasteiger partial charge in [-0.15, -0.1) is 0 Å². The fourth-order valence-electron chi connectivity index (χ4n) is 1.66. The minimum Gasteiger partial charge on any atom is -0.387 e. The lowest BCUT2D eigenvalue weighted by Gasteiger charge is -2.14. The van der Waals surface area contributed by atoms with Gasteiger partial charge in [-0.05, 0) is 30.7 Å². The van der Waals surface area contributed by atoms with Gasteiger partial charge in [0.15, 0.2) is 0 Å². The molecule has 0 saturated carbocycles. The molecule has 0 fully saturated rings. The van der Waals surface area contributed by atoms with E-state index in [1.807, 2.05) is 0 Å². The maximum Gasteiger partial charge on any atom is 0.416 e. The van der Waals surface area contributed by atoms with Crippen molar-refractivity contribution in [2.45, 2.75) is 31.3 Å². The third kappa shape index (κ3) is 6.81. The zero-order valence-corrected chi connectivity index (χ0v) is 10.9. The topological polar surface area (TPSA) is 32.3 Å². The summed E-state index contributed by atoms with van der Waals surface area (Å²) in [6.07, 6.45) is -10.8. The van der Waals surface area contributed by atoms with Gasteiger partial charge in [-0.3, -0.25) is 0 Å². The van der Waals surface area contributed by atoms with E-state index in [4.69, 9.17) is 0 Å². The Hall–Kier alpha value is -1.28. The van der Waals surface area contributed by atoms with Crippen molar-refractivity contribution in [2.75, 3.05) is 13.1 Å². The van der Waals surface area contributed by atoms with E-state index >= 15 is 0 Å². The van der Waals surface area contributed by atoms with Crippen LogP contribution in [0.1, 0.15) is 30.1 Å².